The Morgan fingerprint density at radius 2 is 1.78 bits per heavy atom. The van der Waals surface area contributed by atoms with Crippen LogP contribution in [0.1, 0.15) is 18.9 Å². The van der Waals surface area contributed by atoms with Crippen LogP contribution < -0.4 is 9.64 Å². The Kier molecular flexibility index (Phi) is 5.21. The molecule has 0 aliphatic carbocycles. The summed E-state index contributed by atoms with van der Waals surface area (Å²) in [7, 11) is 1.56. The number of ether oxygens (including phenoxy) is 1. The third-order valence-electron chi connectivity index (χ3n) is 4.50. The summed E-state index contributed by atoms with van der Waals surface area (Å²) in [6.45, 7) is 1.56. The van der Waals surface area contributed by atoms with Crippen LogP contribution in [-0.4, -0.2) is 35.8 Å². The normalized spacial score (nSPS) is 16.6. The number of hydrogen-bond acceptors (Lipinski definition) is 4. The Labute approximate surface area is 156 Å². The van der Waals surface area contributed by atoms with Gasteiger partial charge in [0.25, 0.3) is 5.91 Å². The zero-order valence-electron chi connectivity index (χ0n) is 15.0. The van der Waals surface area contributed by atoms with Gasteiger partial charge in [-0.15, -0.1) is 0 Å². The molecule has 0 bridgehead atoms. The Bertz CT molecular complexity index is 865. The highest BCUT2D eigenvalue weighted by atomic mass is 19.1. The van der Waals surface area contributed by atoms with E-state index in [0.717, 1.165) is 10.5 Å². The fourth-order valence-corrected chi connectivity index (χ4v) is 3.09. The van der Waals surface area contributed by atoms with Gasteiger partial charge in [0.1, 0.15) is 17.6 Å². The third-order valence-corrected chi connectivity index (χ3v) is 4.50. The predicted molar refractivity (Wildman–Crippen MR) is 96.5 cm³/mol. The summed E-state index contributed by atoms with van der Waals surface area (Å²) >= 11 is 0. The fraction of sp³-hybridized carbons (Fsp3) is 0.250. The molecular formula is C20H19FN2O4. The van der Waals surface area contributed by atoms with Crippen LogP contribution in [0.5, 0.6) is 5.75 Å². The molecule has 0 saturated carbocycles. The topological polar surface area (TPSA) is 66.9 Å². The maximum Gasteiger partial charge on any atom is 0.257 e. The van der Waals surface area contributed by atoms with Crippen LogP contribution in [0.4, 0.5) is 10.1 Å². The molecule has 1 saturated heterocycles. The molecule has 0 aromatic heterocycles. The van der Waals surface area contributed by atoms with E-state index in [-0.39, 0.29) is 18.9 Å². The SMILES string of the molecule is COc1ccc(CN(C(C)=O)C2CC(=O)N(c3ccc(F)cc3)C2=O)cc1. The Hall–Kier alpha value is -3.22. The van der Waals surface area contributed by atoms with E-state index in [2.05, 4.69) is 0 Å². The minimum atomic E-state index is -0.887. The molecule has 2 aromatic carbocycles. The highest BCUT2D eigenvalue weighted by molar-refractivity contribution is 6.22. The van der Waals surface area contributed by atoms with Gasteiger partial charge in [-0.3, -0.25) is 14.4 Å². The molecule has 1 unspecified atom stereocenters. The number of nitrogens with zero attached hydrogens (tertiary/aromatic N) is 2. The van der Waals surface area contributed by atoms with E-state index in [1.807, 2.05) is 0 Å². The predicted octanol–water partition coefficient (Wildman–Crippen LogP) is 2.51. The van der Waals surface area contributed by atoms with Crippen molar-refractivity contribution in [1.82, 2.24) is 4.90 Å². The molecule has 1 heterocycles. The number of methoxy groups -OCH3 is 1. The highest BCUT2D eigenvalue weighted by Gasteiger charge is 2.43. The van der Waals surface area contributed by atoms with Crippen molar-refractivity contribution >= 4 is 23.4 Å². The number of imide groups is 1. The van der Waals surface area contributed by atoms with E-state index in [9.17, 15) is 18.8 Å². The number of amides is 3. The van der Waals surface area contributed by atoms with Crippen LogP contribution in [0.25, 0.3) is 0 Å². The van der Waals surface area contributed by atoms with E-state index >= 15 is 0 Å². The molecule has 3 rings (SSSR count). The number of carbonyl (C=O) groups is 3. The van der Waals surface area contributed by atoms with Gasteiger partial charge >= 0.3 is 0 Å². The molecule has 3 amide bonds. The summed E-state index contributed by atoms with van der Waals surface area (Å²) in [5, 5.41) is 0. The zero-order chi connectivity index (χ0) is 19.6. The van der Waals surface area contributed by atoms with Gasteiger partial charge in [0.05, 0.1) is 19.2 Å². The second-order valence-electron chi connectivity index (χ2n) is 6.26. The van der Waals surface area contributed by atoms with Gasteiger partial charge in [-0.25, -0.2) is 9.29 Å². The Morgan fingerprint density at radius 1 is 1.15 bits per heavy atom. The number of hydrogen-bond donors (Lipinski definition) is 0. The number of halogens is 1. The lowest BCUT2D eigenvalue weighted by molar-refractivity contribution is -0.137. The highest BCUT2D eigenvalue weighted by Crippen LogP contribution is 2.27. The largest absolute Gasteiger partial charge is 0.497 e. The van der Waals surface area contributed by atoms with Crippen LogP contribution in [-0.2, 0) is 20.9 Å². The van der Waals surface area contributed by atoms with Gasteiger partial charge in [-0.1, -0.05) is 12.1 Å². The van der Waals surface area contributed by atoms with Crippen molar-refractivity contribution in [1.29, 1.82) is 0 Å². The van der Waals surface area contributed by atoms with Crippen molar-refractivity contribution in [2.75, 3.05) is 12.0 Å². The van der Waals surface area contributed by atoms with E-state index in [4.69, 9.17) is 4.74 Å². The molecule has 27 heavy (non-hydrogen) atoms. The molecule has 0 spiro atoms. The molecule has 1 aliphatic rings. The first-order valence-electron chi connectivity index (χ1n) is 8.43. The van der Waals surface area contributed by atoms with E-state index < -0.39 is 23.7 Å². The molecule has 1 aliphatic heterocycles. The minimum Gasteiger partial charge on any atom is -0.497 e. The molecular weight excluding hydrogens is 351 g/mol. The standard InChI is InChI=1S/C20H19FN2O4/c1-13(24)22(12-14-3-9-17(27-2)10-4-14)18-11-19(25)23(20(18)26)16-7-5-15(21)6-8-16/h3-10,18H,11-12H2,1-2H3. The third kappa shape index (κ3) is 3.81. The fourth-order valence-electron chi connectivity index (χ4n) is 3.09. The van der Waals surface area contributed by atoms with Crippen molar-refractivity contribution in [3.63, 3.8) is 0 Å². The van der Waals surface area contributed by atoms with Gasteiger partial charge in [0.2, 0.25) is 11.8 Å². The Morgan fingerprint density at radius 3 is 2.33 bits per heavy atom. The summed E-state index contributed by atoms with van der Waals surface area (Å²) < 4.78 is 18.2. The van der Waals surface area contributed by atoms with Crippen molar-refractivity contribution < 1.29 is 23.5 Å². The second kappa shape index (κ2) is 7.57. The molecule has 140 valence electrons. The molecule has 0 radical (unpaired) electrons. The lowest BCUT2D eigenvalue weighted by atomic mass is 10.1. The molecule has 2 aromatic rings. The Balaban J connectivity index is 1.83. The minimum absolute atomic E-state index is 0.105. The monoisotopic (exact) mass is 370 g/mol. The number of rotatable bonds is 5. The van der Waals surface area contributed by atoms with Crippen LogP contribution in [0, 0.1) is 5.82 Å². The number of anilines is 1. The van der Waals surface area contributed by atoms with Crippen molar-refractivity contribution in [3.8, 4) is 5.75 Å². The van der Waals surface area contributed by atoms with Gasteiger partial charge in [0.15, 0.2) is 0 Å². The lowest BCUT2D eigenvalue weighted by Crippen LogP contribution is -2.44. The van der Waals surface area contributed by atoms with Gasteiger partial charge in [-0.2, -0.15) is 0 Å². The van der Waals surface area contributed by atoms with Crippen molar-refractivity contribution in [3.05, 3.63) is 59.9 Å². The van der Waals surface area contributed by atoms with Gasteiger partial charge in [-0.05, 0) is 42.0 Å². The van der Waals surface area contributed by atoms with Crippen LogP contribution in [0.15, 0.2) is 48.5 Å². The lowest BCUT2D eigenvalue weighted by Gasteiger charge is -2.26. The van der Waals surface area contributed by atoms with Gasteiger partial charge in [0, 0.05) is 13.5 Å². The van der Waals surface area contributed by atoms with Crippen molar-refractivity contribution in [2.24, 2.45) is 0 Å². The quantitative estimate of drug-likeness (QED) is 0.759. The summed E-state index contributed by atoms with van der Waals surface area (Å²) in [6.07, 6.45) is -0.105. The average Bonchev–Trinajstić information content (AvgIpc) is 2.95. The number of benzene rings is 2. The first kappa shape index (κ1) is 18.6. The molecule has 6 nitrogen and oxygen atoms in total. The van der Waals surface area contributed by atoms with Crippen LogP contribution in [0.3, 0.4) is 0 Å². The van der Waals surface area contributed by atoms with Gasteiger partial charge < -0.3 is 9.64 Å². The first-order chi connectivity index (χ1) is 12.9. The summed E-state index contributed by atoms with van der Waals surface area (Å²) in [4.78, 5) is 39.8. The second-order valence-corrected chi connectivity index (χ2v) is 6.26. The van der Waals surface area contributed by atoms with E-state index in [1.54, 1.807) is 31.4 Å². The van der Waals surface area contributed by atoms with E-state index in [1.165, 1.54) is 36.1 Å². The van der Waals surface area contributed by atoms with E-state index in [0.29, 0.717) is 11.4 Å². The molecule has 0 N–H and O–H groups in total. The summed E-state index contributed by atoms with van der Waals surface area (Å²) in [5.41, 5.74) is 1.10. The summed E-state index contributed by atoms with van der Waals surface area (Å²) in [5.74, 6) is -0.993. The molecule has 1 atom stereocenters. The maximum atomic E-state index is 13.1. The summed E-state index contributed by atoms with van der Waals surface area (Å²) in [6, 6.07) is 11.3. The first-order valence-corrected chi connectivity index (χ1v) is 8.43. The average molecular weight is 370 g/mol. The van der Waals surface area contributed by atoms with Crippen LogP contribution >= 0.6 is 0 Å². The number of carbonyl (C=O) groups excluding carboxylic acids is 3. The molecule has 1 fully saturated rings. The molecule has 7 heteroatoms. The van der Waals surface area contributed by atoms with Crippen LogP contribution in [0.2, 0.25) is 0 Å². The maximum absolute atomic E-state index is 13.1. The van der Waals surface area contributed by atoms with Crippen molar-refractivity contribution in [2.45, 2.75) is 25.9 Å². The smallest absolute Gasteiger partial charge is 0.257 e. The zero-order valence-corrected chi connectivity index (χ0v) is 15.0.